The van der Waals surface area contributed by atoms with Gasteiger partial charge in [0.1, 0.15) is 0 Å². The molecule has 2 nitrogen and oxygen atoms in total. The van der Waals surface area contributed by atoms with E-state index in [1.165, 1.54) is 0 Å². The Morgan fingerprint density at radius 3 is 0.895 bits per heavy atom. The Hall–Kier alpha value is 0.483. The number of unbranched alkanes of at least 4 members (excludes halogenated alkanes) is 4. The van der Waals surface area contributed by atoms with Gasteiger partial charge in [0.15, 0.2) is 0 Å². The van der Waals surface area contributed by atoms with Gasteiger partial charge in [0.25, 0.3) is 0 Å². The molecule has 0 saturated heterocycles. The molecule has 0 rings (SSSR count). The molecule has 0 fully saturated rings. The van der Waals surface area contributed by atoms with Gasteiger partial charge < -0.3 is 0 Å². The first kappa shape index (κ1) is 19.5. The van der Waals surface area contributed by atoms with Gasteiger partial charge in [-0.15, -0.1) is 0 Å². The molecule has 0 aromatic rings. The van der Waals surface area contributed by atoms with Crippen LogP contribution in [0.3, 0.4) is 0 Å². The summed E-state index contributed by atoms with van der Waals surface area (Å²) in [4.78, 5) is 0. The minimum atomic E-state index is -5.44. The maximum atomic E-state index is 13.9. The summed E-state index contributed by atoms with van der Waals surface area (Å²) in [5.41, 5.74) is 0. The molecule has 19 heavy (non-hydrogen) atoms. The fourth-order valence-electron chi connectivity index (χ4n) is 3.53. The maximum absolute atomic E-state index is 13.9. The summed E-state index contributed by atoms with van der Waals surface area (Å²) in [5, 5.41) is 0. The van der Waals surface area contributed by atoms with Crippen LogP contribution in [0.15, 0.2) is 0 Å². The second-order valence-corrected chi connectivity index (χ2v) is 25.5. The van der Waals surface area contributed by atoms with E-state index in [9.17, 15) is 5.63 Å². The van der Waals surface area contributed by atoms with E-state index in [0.29, 0.717) is 16.5 Å². The van der Waals surface area contributed by atoms with Crippen molar-refractivity contribution in [3.8, 4) is 0 Å². The average Bonchev–Trinajstić information content (AvgIpc) is 2.41. The van der Waals surface area contributed by atoms with Gasteiger partial charge in [-0.3, -0.25) is 0 Å². The van der Waals surface area contributed by atoms with Gasteiger partial charge in [-0.2, -0.15) is 0 Å². The Morgan fingerprint density at radius 1 is 0.526 bits per heavy atom. The molecule has 3 heteroatoms. The van der Waals surface area contributed by atoms with Gasteiger partial charge in [0.05, 0.1) is 0 Å². The van der Waals surface area contributed by atoms with E-state index in [1.54, 1.807) is 0 Å². The first-order valence-electron chi connectivity index (χ1n) is 8.65. The summed E-state index contributed by atoms with van der Waals surface area (Å²) < 4.78 is 29.9. The zero-order valence-corrected chi connectivity index (χ0v) is 16.3. The normalized spacial score (nSPS) is 14.1. The standard InChI is InChI=1S/4C4H9.2O.Zr/c4*1-3-4-2;;;/h4*1,3-4H2,2H3;;;. The van der Waals surface area contributed by atoms with E-state index in [0.717, 1.165) is 51.4 Å². The summed E-state index contributed by atoms with van der Waals surface area (Å²) in [7, 11) is 0. The molecule has 0 atom stereocenters. The average molecular weight is 352 g/mol. The minimum absolute atomic E-state index is 0.512. The number of rotatable bonds is 12. The van der Waals surface area contributed by atoms with Crippen LogP contribution < -0.4 is 0 Å². The molecule has 0 aliphatic heterocycles. The van der Waals surface area contributed by atoms with Crippen molar-refractivity contribution >= 4 is 0 Å². The second kappa shape index (κ2) is 7.48. The SMILES string of the molecule is CCC[CH2][Zr](=[O])(=[O])([CH2]CCC)([CH2]CCC)[CH2]CCC. The van der Waals surface area contributed by atoms with Crippen molar-refractivity contribution in [1.29, 1.82) is 0 Å². The predicted octanol–water partition coefficient (Wildman–Crippen LogP) is 6.78. The van der Waals surface area contributed by atoms with Crippen molar-refractivity contribution in [2.24, 2.45) is 0 Å². The Bertz CT molecular complexity index is 327. The van der Waals surface area contributed by atoms with Gasteiger partial charge in [0, 0.05) is 0 Å². The Morgan fingerprint density at radius 2 is 0.737 bits per heavy atom. The fourth-order valence-corrected chi connectivity index (χ4v) is 20.9. The van der Waals surface area contributed by atoms with Crippen LogP contribution in [0.2, 0.25) is 16.5 Å². The Kier molecular flexibility index (Phi) is 7.67. The summed E-state index contributed by atoms with van der Waals surface area (Å²) >= 11 is -5.44. The van der Waals surface area contributed by atoms with E-state index >= 15 is 0 Å². The molecule has 0 bridgehead atoms. The zero-order chi connectivity index (χ0) is 14.9. The third-order valence-electron chi connectivity index (χ3n) is 5.06. The van der Waals surface area contributed by atoms with Crippen LogP contribution in [0.1, 0.15) is 79.1 Å². The van der Waals surface area contributed by atoms with Crippen LogP contribution in [-0.4, -0.2) is 0 Å². The summed E-state index contributed by atoms with van der Waals surface area (Å²) in [6, 6.07) is 0. The molecular weight excluding hydrogens is 315 g/mol. The molecule has 0 aromatic carbocycles. The molecule has 0 radical (unpaired) electrons. The Labute approximate surface area is 118 Å². The van der Waals surface area contributed by atoms with Crippen molar-refractivity contribution in [2.75, 3.05) is 0 Å². The second-order valence-electron chi connectivity index (χ2n) is 7.15. The quantitative estimate of drug-likeness (QED) is 0.388. The molecule has 116 valence electrons. The van der Waals surface area contributed by atoms with Crippen LogP contribution in [-0.2, 0) is 22.9 Å². The molecule has 0 aliphatic rings. The van der Waals surface area contributed by atoms with Gasteiger partial charge in [-0.25, -0.2) is 0 Å². The van der Waals surface area contributed by atoms with Crippen LogP contribution in [0.4, 0.5) is 0 Å². The zero-order valence-electron chi connectivity index (χ0n) is 13.8. The number of hydrogen-bond donors (Lipinski definition) is 0. The Balaban J connectivity index is 5.41. The molecular formula is C16H36O2Zr. The topological polar surface area (TPSA) is 34.1 Å². The molecule has 0 unspecified atom stereocenters. The molecule has 0 amide bonds. The first-order valence-corrected chi connectivity index (χ1v) is 17.6. The van der Waals surface area contributed by atoms with Crippen LogP contribution in [0, 0.1) is 0 Å². The monoisotopic (exact) mass is 350 g/mol. The van der Waals surface area contributed by atoms with Crippen molar-refractivity contribution in [1.82, 2.24) is 0 Å². The van der Waals surface area contributed by atoms with E-state index in [2.05, 4.69) is 27.7 Å². The van der Waals surface area contributed by atoms with Crippen LogP contribution in [0.5, 0.6) is 0 Å². The molecule has 0 aromatic heterocycles. The first-order chi connectivity index (χ1) is 8.80. The third kappa shape index (κ3) is 6.19. The van der Waals surface area contributed by atoms with E-state index in [-0.39, 0.29) is 0 Å². The molecule has 0 aliphatic carbocycles. The predicted molar refractivity (Wildman–Crippen MR) is 80.2 cm³/mol. The third-order valence-corrected chi connectivity index (χ3v) is 23.0. The van der Waals surface area contributed by atoms with Gasteiger partial charge in [-0.05, 0) is 0 Å². The number of hydrogen-bond acceptors (Lipinski definition) is 2. The molecule has 0 saturated carbocycles. The summed E-state index contributed by atoms with van der Waals surface area (Å²) in [6.07, 6.45) is 7.40. The summed E-state index contributed by atoms with van der Waals surface area (Å²) in [5.74, 6) is 0. The van der Waals surface area contributed by atoms with Crippen molar-refractivity contribution in [3.05, 3.63) is 0 Å². The van der Waals surface area contributed by atoms with Gasteiger partial charge in [0.2, 0.25) is 0 Å². The van der Waals surface area contributed by atoms with Crippen molar-refractivity contribution in [2.45, 2.75) is 95.6 Å². The fraction of sp³-hybridized carbons (Fsp3) is 1.00. The van der Waals surface area contributed by atoms with Crippen molar-refractivity contribution < 1.29 is 22.9 Å². The molecule has 0 heterocycles. The molecule has 0 spiro atoms. The van der Waals surface area contributed by atoms with Crippen molar-refractivity contribution in [3.63, 3.8) is 0 Å². The van der Waals surface area contributed by atoms with Crippen LogP contribution >= 0.6 is 0 Å². The van der Waals surface area contributed by atoms with E-state index in [4.69, 9.17) is 0 Å². The van der Waals surface area contributed by atoms with E-state index in [1.807, 2.05) is 0 Å². The van der Waals surface area contributed by atoms with Crippen LogP contribution in [0.25, 0.3) is 0 Å². The molecule has 0 N–H and O–H groups in total. The van der Waals surface area contributed by atoms with Gasteiger partial charge in [-0.1, -0.05) is 0 Å². The van der Waals surface area contributed by atoms with E-state index < -0.39 is 17.3 Å². The summed E-state index contributed by atoms with van der Waals surface area (Å²) in [6.45, 7) is 8.40. The van der Waals surface area contributed by atoms with Gasteiger partial charge >= 0.3 is 119 Å².